The number of para-hydroxylation sites is 1. The van der Waals surface area contributed by atoms with Crippen LogP contribution in [0.3, 0.4) is 0 Å². The summed E-state index contributed by atoms with van der Waals surface area (Å²) < 4.78 is 15.2. The zero-order chi connectivity index (χ0) is 12.3. The van der Waals surface area contributed by atoms with Crippen molar-refractivity contribution >= 4 is 17.3 Å². The molecule has 3 nitrogen and oxygen atoms in total. The van der Waals surface area contributed by atoms with E-state index in [-0.39, 0.29) is 5.82 Å². The number of rotatable bonds is 4. The molecule has 1 heterocycles. The van der Waals surface area contributed by atoms with E-state index in [2.05, 4.69) is 10.4 Å². The number of nitrogens with one attached hydrogen (secondary N) is 1. The van der Waals surface area contributed by atoms with Gasteiger partial charge in [0.15, 0.2) is 0 Å². The van der Waals surface area contributed by atoms with Crippen molar-refractivity contribution in [1.29, 1.82) is 0 Å². The monoisotopic (exact) mass is 253 g/mol. The molecule has 17 heavy (non-hydrogen) atoms. The molecular formula is C12H13ClFN3. The minimum absolute atomic E-state index is 0.330. The van der Waals surface area contributed by atoms with Gasteiger partial charge in [-0.2, -0.15) is 5.10 Å². The predicted molar refractivity (Wildman–Crippen MR) is 66.8 cm³/mol. The Morgan fingerprint density at radius 2 is 2.29 bits per heavy atom. The Morgan fingerprint density at radius 3 is 2.94 bits per heavy atom. The highest BCUT2D eigenvalue weighted by atomic mass is 35.5. The number of aromatic nitrogens is 2. The van der Waals surface area contributed by atoms with Crippen LogP contribution in [-0.2, 0) is 13.5 Å². The molecule has 0 bridgehead atoms. The second kappa shape index (κ2) is 5.19. The van der Waals surface area contributed by atoms with Crippen molar-refractivity contribution < 1.29 is 4.39 Å². The average Bonchev–Trinajstić information content (AvgIpc) is 2.69. The molecule has 0 atom stereocenters. The van der Waals surface area contributed by atoms with Gasteiger partial charge in [-0.15, -0.1) is 0 Å². The van der Waals surface area contributed by atoms with Crippen LogP contribution in [0.2, 0.25) is 5.02 Å². The Bertz CT molecular complexity index is 490. The van der Waals surface area contributed by atoms with Crippen LogP contribution in [0.15, 0.2) is 30.6 Å². The number of halogens is 2. The highest BCUT2D eigenvalue weighted by Crippen LogP contribution is 2.24. The first-order chi connectivity index (χ1) is 8.16. The first kappa shape index (κ1) is 11.9. The zero-order valence-electron chi connectivity index (χ0n) is 9.45. The molecule has 0 spiro atoms. The number of aryl methyl sites for hydroxylation is 1. The van der Waals surface area contributed by atoms with Gasteiger partial charge in [0.25, 0.3) is 0 Å². The second-order valence-corrected chi connectivity index (χ2v) is 4.20. The minimum Gasteiger partial charge on any atom is -0.381 e. The van der Waals surface area contributed by atoms with Gasteiger partial charge in [0.1, 0.15) is 5.82 Å². The molecule has 0 saturated carbocycles. The molecule has 0 aliphatic carbocycles. The van der Waals surface area contributed by atoms with E-state index in [4.69, 9.17) is 11.6 Å². The van der Waals surface area contributed by atoms with Crippen LogP contribution in [0, 0.1) is 5.82 Å². The van der Waals surface area contributed by atoms with Crippen LogP contribution < -0.4 is 5.32 Å². The fraction of sp³-hybridized carbons (Fsp3) is 0.250. The van der Waals surface area contributed by atoms with E-state index >= 15 is 0 Å². The fourth-order valence-corrected chi connectivity index (χ4v) is 1.83. The molecule has 0 fully saturated rings. The van der Waals surface area contributed by atoms with Crippen LogP contribution in [-0.4, -0.2) is 16.3 Å². The van der Waals surface area contributed by atoms with Crippen LogP contribution in [0.4, 0.5) is 10.1 Å². The zero-order valence-corrected chi connectivity index (χ0v) is 10.2. The molecule has 0 unspecified atom stereocenters. The van der Waals surface area contributed by atoms with Gasteiger partial charge in [0.2, 0.25) is 0 Å². The molecule has 0 aliphatic heterocycles. The van der Waals surface area contributed by atoms with Crippen molar-refractivity contribution in [2.45, 2.75) is 6.42 Å². The summed E-state index contributed by atoms with van der Waals surface area (Å²) in [5.41, 5.74) is 1.46. The molecule has 1 aromatic heterocycles. The summed E-state index contributed by atoms with van der Waals surface area (Å²) >= 11 is 5.90. The Balaban J connectivity index is 1.94. The molecule has 0 amide bonds. The SMILES string of the molecule is Cn1cc(CCNc2c(F)cccc2Cl)cn1. The molecule has 1 N–H and O–H groups in total. The summed E-state index contributed by atoms with van der Waals surface area (Å²) in [6.45, 7) is 0.617. The van der Waals surface area contributed by atoms with Crippen molar-refractivity contribution in [3.05, 3.63) is 47.0 Å². The third kappa shape index (κ3) is 2.97. The van der Waals surface area contributed by atoms with Crippen LogP contribution in [0.5, 0.6) is 0 Å². The maximum Gasteiger partial charge on any atom is 0.147 e. The molecule has 90 valence electrons. The Hall–Kier alpha value is -1.55. The number of nitrogens with zero attached hydrogens (tertiary/aromatic N) is 2. The molecule has 2 rings (SSSR count). The Kier molecular flexibility index (Phi) is 3.64. The summed E-state index contributed by atoms with van der Waals surface area (Å²) in [5.74, 6) is -0.330. The highest BCUT2D eigenvalue weighted by molar-refractivity contribution is 6.33. The van der Waals surface area contributed by atoms with Crippen molar-refractivity contribution in [2.75, 3.05) is 11.9 Å². The number of hydrogen-bond donors (Lipinski definition) is 1. The van der Waals surface area contributed by atoms with Crippen molar-refractivity contribution in [3.63, 3.8) is 0 Å². The topological polar surface area (TPSA) is 29.9 Å². The lowest BCUT2D eigenvalue weighted by Crippen LogP contribution is -2.06. The van der Waals surface area contributed by atoms with Gasteiger partial charge in [0.05, 0.1) is 16.9 Å². The fourth-order valence-electron chi connectivity index (χ4n) is 1.60. The van der Waals surface area contributed by atoms with Crippen molar-refractivity contribution in [3.8, 4) is 0 Å². The molecule has 0 radical (unpaired) electrons. The van der Waals surface area contributed by atoms with E-state index in [1.165, 1.54) is 6.07 Å². The van der Waals surface area contributed by atoms with Crippen LogP contribution in [0.1, 0.15) is 5.56 Å². The predicted octanol–water partition coefficient (Wildman–Crippen LogP) is 2.87. The molecular weight excluding hydrogens is 241 g/mol. The van der Waals surface area contributed by atoms with Gasteiger partial charge in [-0.25, -0.2) is 4.39 Å². The lowest BCUT2D eigenvalue weighted by molar-refractivity contribution is 0.630. The van der Waals surface area contributed by atoms with Gasteiger partial charge in [-0.05, 0) is 24.1 Å². The average molecular weight is 254 g/mol. The summed E-state index contributed by atoms with van der Waals surface area (Å²) in [4.78, 5) is 0. The molecule has 1 aromatic carbocycles. The van der Waals surface area contributed by atoms with Gasteiger partial charge >= 0.3 is 0 Å². The summed E-state index contributed by atoms with van der Waals surface area (Å²) in [6, 6.07) is 4.64. The third-order valence-corrected chi connectivity index (χ3v) is 2.75. The van der Waals surface area contributed by atoms with Gasteiger partial charge < -0.3 is 5.32 Å². The standard InChI is InChI=1S/C12H13ClFN3/c1-17-8-9(7-16-17)5-6-15-12-10(13)3-2-4-11(12)14/h2-4,7-8,15H,5-6H2,1H3. The molecule has 0 aliphatic rings. The quantitative estimate of drug-likeness (QED) is 0.908. The van der Waals surface area contributed by atoms with E-state index in [0.717, 1.165) is 12.0 Å². The minimum atomic E-state index is -0.330. The lowest BCUT2D eigenvalue weighted by Gasteiger charge is -2.08. The Labute approximate surface area is 104 Å². The highest BCUT2D eigenvalue weighted by Gasteiger charge is 2.05. The Morgan fingerprint density at radius 1 is 1.47 bits per heavy atom. The van der Waals surface area contributed by atoms with Gasteiger partial charge in [0, 0.05) is 19.8 Å². The number of anilines is 1. The van der Waals surface area contributed by atoms with E-state index < -0.39 is 0 Å². The van der Waals surface area contributed by atoms with E-state index in [1.54, 1.807) is 23.0 Å². The normalized spacial score (nSPS) is 10.5. The molecule has 0 saturated heterocycles. The van der Waals surface area contributed by atoms with E-state index in [0.29, 0.717) is 17.3 Å². The summed E-state index contributed by atoms with van der Waals surface area (Å²) in [7, 11) is 1.87. The van der Waals surface area contributed by atoms with Crippen LogP contribution >= 0.6 is 11.6 Å². The smallest absolute Gasteiger partial charge is 0.147 e. The summed E-state index contributed by atoms with van der Waals surface area (Å²) in [6.07, 6.45) is 4.51. The maximum absolute atomic E-state index is 13.4. The maximum atomic E-state index is 13.4. The number of benzene rings is 1. The van der Waals surface area contributed by atoms with E-state index in [9.17, 15) is 4.39 Å². The first-order valence-corrected chi connectivity index (χ1v) is 5.70. The van der Waals surface area contributed by atoms with Crippen LogP contribution in [0.25, 0.3) is 0 Å². The van der Waals surface area contributed by atoms with Crippen molar-refractivity contribution in [2.24, 2.45) is 7.05 Å². The molecule has 2 aromatic rings. The third-order valence-electron chi connectivity index (χ3n) is 2.44. The van der Waals surface area contributed by atoms with Gasteiger partial charge in [-0.3, -0.25) is 4.68 Å². The number of hydrogen-bond acceptors (Lipinski definition) is 2. The largest absolute Gasteiger partial charge is 0.381 e. The second-order valence-electron chi connectivity index (χ2n) is 3.80. The first-order valence-electron chi connectivity index (χ1n) is 5.32. The lowest BCUT2D eigenvalue weighted by atomic mass is 10.2. The molecule has 5 heteroatoms. The van der Waals surface area contributed by atoms with E-state index in [1.807, 2.05) is 13.2 Å². The van der Waals surface area contributed by atoms with Gasteiger partial charge in [-0.1, -0.05) is 17.7 Å². The summed E-state index contributed by atoms with van der Waals surface area (Å²) in [5, 5.41) is 7.46. The van der Waals surface area contributed by atoms with Crippen molar-refractivity contribution in [1.82, 2.24) is 9.78 Å².